The number of para-hydroxylation sites is 1. The lowest BCUT2D eigenvalue weighted by Crippen LogP contribution is -2.04. The van der Waals surface area contributed by atoms with Gasteiger partial charge in [0.05, 0.1) is 6.61 Å². The molecule has 2 aromatic rings. The summed E-state index contributed by atoms with van der Waals surface area (Å²) < 4.78 is 5.81. The van der Waals surface area contributed by atoms with Crippen LogP contribution in [0.4, 0.5) is 0 Å². The van der Waals surface area contributed by atoms with E-state index in [1.54, 1.807) is 0 Å². The second-order valence-corrected chi connectivity index (χ2v) is 4.57. The first-order chi connectivity index (χ1) is 9.35. The molecule has 2 nitrogen and oxygen atoms in total. The Hall–Kier alpha value is -1.80. The van der Waals surface area contributed by atoms with Crippen LogP contribution in [-0.2, 0) is 6.54 Å². The lowest BCUT2D eigenvalue weighted by Gasteiger charge is -2.11. The summed E-state index contributed by atoms with van der Waals surface area (Å²) in [6, 6.07) is 16.8. The first-order valence-corrected chi connectivity index (χ1v) is 6.81. The van der Waals surface area contributed by atoms with E-state index in [0.29, 0.717) is 0 Å². The van der Waals surface area contributed by atoms with Crippen molar-refractivity contribution in [3.63, 3.8) is 0 Å². The fourth-order valence-corrected chi connectivity index (χ4v) is 2.05. The maximum Gasteiger partial charge on any atom is 0.127 e. The van der Waals surface area contributed by atoms with Gasteiger partial charge < -0.3 is 10.1 Å². The lowest BCUT2D eigenvalue weighted by atomic mass is 10.0. The summed E-state index contributed by atoms with van der Waals surface area (Å²) in [6.45, 7) is 3.78. The van der Waals surface area contributed by atoms with Gasteiger partial charge in [0.15, 0.2) is 0 Å². The van der Waals surface area contributed by atoms with Crippen LogP contribution in [0.5, 0.6) is 5.75 Å². The Balaban J connectivity index is 2.25. The Morgan fingerprint density at radius 2 is 1.74 bits per heavy atom. The van der Waals surface area contributed by atoms with E-state index in [2.05, 4.69) is 48.6 Å². The van der Waals surface area contributed by atoms with E-state index in [1.807, 2.05) is 19.2 Å². The van der Waals surface area contributed by atoms with Crippen LogP contribution in [0.2, 0.25) is 0 Å². The van der Waals surface area contributed by atoms with Crippen molar-refractivity contribution in [3.05, 3.63) is 54.1 Å². The van der Waals surface area contributed by atoms with Gasteiger partial charge in [0.1, 0.15) is 5.75 Å². The summed E-state index contributed by atoms with van der Waals surface area (Å²) in [5, 5.41) is 3.16. The van der Waals surface area contributed by atoms with Crippen molar-refractivity contribution in [1.29, 1.82) is 0 Å². The molecule has 0 aliphatic carbocycles. The van der Waals surface area contributed by atoms with Crippen molar-refractivity contribution in [1.82, 2.24) is 5.32 Å². The summed E-state index contributed by atoms with van der Waals surface area (Å²) in [5.74, 6) is 0.964. The molecule has 2 heteroatoms. The van der Waals surface area contributed by atoms with Gasteiger partial charge in [-0.3, -0.25) is 0 Å². The van der Waals surface area contributed by atoms with Gasteiger partial charge in [-0.2, -0.15) is 0 Å². The highest BCUT2D eigenvalue weighted by atomic mass is 16.5. The summed E-state index contributed by atoms with van der Waals surface area (Å²) in [5.41, 5.74) is 3.65. The van der Waals surface area contributed by atoms with E-state index < -0.39 is 0 Å². The molecular formula is C17H21NO. The molecule has 0 saturated carbocycles. The number of ether oxygens (including phenoxy) is 1. The molecule has 0 unspecified atom stereocenters. The van der Waals surface area contributed by atoms with Crippen molar-refractivity contribution in [2.45, 2.75) is 19.9 Å². The topological polar surface area (TPSA) is 21.3 Å². The van der Waals surface area contributed by atoms with Crippen LogP contribution >= 0.6 is 0 Å². The Labute approximate surface area is 115 Å². The predicted molar refractivity (Wildman–Crippen MR) is 80.4 cm³/mol. The smallest absolute Gasteiger partial charge is 0.127 e. The highest BCUT2D eigenvalue weighted by Crippen LogP contribution is 2.30. The summed E-state index contributed by atoms with van der Waals surface area (Å²) in [4.78, 5) is 0. The molecule has 2 rings (SSSR count). The molecule has 1 N–H and O–H groups in total. The quantitative estimate of drug-likeness (QED) is 0.846. The molecule has 19 heavy (non-hydrogen) atoms. The summed E-state index contributed by atoms with van der Waals surface area (Å²) in [7, 11) is 1.96. The molecule has 0 heterocycles. The standard InChI is InChI=1S/C17H21NO/c1-3-12-19-17-7-5-4-6-16(17)15-10-8-14(9-11-15)13-18-2/h4-11,18H,3,12-13H2,1-2H3. The molecule has 0 radical (unpaired) electrons. The minimum Gasteiger partial charge on any atom is -0.493 e. The van der Waals surface area contributed by atoms with Gasteiger partial charge in [0.25, 0.3) is 0 Å². The molecule has 0 atom stereocenters. The van der Waals surface area contributed by atoms with Crippen LogP contribution < -0.4 is 10.1 Å². The van der Waals surface area contributed by atoms with Crippen LogP contribution in [-0.4, -0.2) is 13.7 Å². The summed E-state index contributed by atoms with van der Waals surface area (Å²) in [6.07, 6.45) is 1.02. The molecular weight excluding hydrogens is 234 g/mol. The van der Waals surface area contributed by atoms with Gasteiger partial charge >= 0.3 is 0 Å². The van der Waals surface area contributed by atoms with Crippen molar-refractivity contribution in [2.24, 2.45) is 0 Å². The van der Waals surface area contributed by atoms with E-state index in [1.165, 1.54) is 11.1 Å². The second-order valence-electron chi connectivity index (χ2n) is 4.57. The largest absolute Gasteiger partial charge is 0.493 e. The van der Waals surface area contributed by atoms with Gasteiger partial charge in [-0.1, -0.05) is 49.4 Å². The number of hydrogen-bond acceptors (Lipinski definition) is 2. The predicted octanol–water partition coefficient (Wildman–Crippen LogP) is 3.86. The highest BCUT2D eigenvalue weighted by molar-refractivity contribution is 5.70. The number of rotatable bonds is 6. The van der Waals surface area contributed by atoms with Gasteiger partial charge in [-0.25, -0.2) is 0 Å². The Bertz CT molecular complexity index is 505. The van der Waals surface area contributed by atoms with Gasteiger partial charge in [0.2, 0.25) is 0 Å². The van der Waals surface area contributed by atoms with Crippen molar-refractivity contribution >= 4 is 0 Å². The van der Waals surface area contributed by atoms with Crippen molar-refractivity contribution in [2.75, 3.05) is 13.7 Å². The van der Waals surface area contributed by atoms with E-state index in [4.69, 9.17) is 4.74 Å². The van der Waals surface area contributed by atoms with Crippen LogP contribution in [0.3, 0.4) is 0 Å². The SMILES string of the molecule is CCCOc1ccccc1-c1ccc(CNC)cc1. The maximum atomic E-state index is 5.81. The average molecular weight is 255 g/mol. The summed E-state index contributed by atoms with van der Waals surface area (Å²) >= 11 is 0. The Kier molecular flexibility index (Phi) is 4.99. The van der Waals surface area contributed by atoms with Gasteiger partial charge in [-0.15, -0.1) is 0 Å². The minimum absolute atomic E-state index is 0.759. The van der Waals surface area contributed by atoms with Crippen LogP contribution in [0.25, 0.3) is 11.1 Å². The molecule has 0 saturated heterocycles. The maximum absolute atomic E-state index is 5.81. The molecule has 2 aromatic carbocycles. The molecule has 0 fully saturated rings. The van der Waals surface area contributed by atoms with E-state index >= 15 is 0 Å². The zero-order valence-electron chi connectivity index (χ0n) is 11.6. The van der Waals surface area contributed by atoms with Crippen molar-refractivity contribution < 1.29 is 4.74 Å². The number of benzene rings is 2. The third-order valence-electron chi connectivity index (χ3n) is 2.99. The molecule has 0 bridgehead atoms. The normalized spacial score (nSPS) is 10.4. The molecule has 0 aliphatic rings. The number of nitrogens with one attached hydrogen (secondary N) is 1. The monoisotopic (exact) mass is 255 g/mol. The Morgan fingerprint density at radius 3 is 2.42 bits per heavy atom. The third-order valence-corrected chi connectivity index (χ3v) is 2.99. The van der Waals surface area contributed by atoms with Crippen LogP contribution in [0, 0.1) is 0 Å². The lowest BCUT2D eigenvalue weighted by molar-refractivity contribution is 0.318. The fraction of sp³-hybridized carbons (Fsp3) is 0.294. The van der Waals surface area contributed by atoms with Gasteiger partial charge in [0, 0.05) is 12.1 Å². The molecule has 0 amide bonds. The minimum atomic E-state index is 0.759. The van der Waals surface area contributed by atoms with Gasteiger partial charge in [-0.05, 0) is 30.7 Å². The molecule has 0 spiro atoms. The van der Waals surface area contributed by atoms with Crippen molar-refractivity contribution in [3.8, 4) is 16.9 Å². The number of hydrogen-bond donors (Lipinski definition) is 1. The molecule has 100 valence electrons. The second kappa shape index (κ2) is 6.95. The molecule has 0 aromatic heterocycles. The molecule has 0 aliphatic heterocycles. The van der Waals surface area contributed by atoms with Crippen LogP contribution in [0.1, 0.15) is 18.9 Å². The van der Waals surface area contributed by atoms with Crippen LogP contribution in [0.15, 0.2) is 48.5 Å². The zero-order valence-corrected chi connectivity index (χ0v) is 11.6. The zero-order chi connectivity index (χ0) is 13.5. The average Bonchev–Trinajstić information content (AvgIpc) is 2.47. The van der Waals surface area contributed by atoms with E-state index in [-0.39, 0.29) is 0 Å². The van der Waals surface area contributed by atoms with E-state index in [9.17, 15) is 0 Å². The first-order valence-electron chi connectivity index (χ1n) is 6.81. The Morgan fingerprint density at radius 1 is 1.00 bits per heavy atom. The first kappa shape index (κ1) is 13.6. The third kappa shape index (κ3) is 3.58. The highest BCUT2D eigenvalue weighted by Gasteiger charge is 2.05. The fourth-order valence-electron chi connectivity index (χ4n) is 2.05. The van der Waals surface area contributed by atoms with E-state index in [0.717, 1.165) is 30.9 Å².